The number of nitrogens with one attached hydrogen (secondary N) is 2. The van der Waals surface area contributed by atoms with Gasteiger partial charge < -0.3 is 30.6 Å². The van der Waals surface area contributed by atoms with Gasteiger partial charge in [0.2, 0.25) is 11.8 Å². The van der Waals surface area contributed by atoms with Gasteiger partial charge in [-0.25, -0.2) is 0 Å². The van der Waals surface area contributed by atoms with Crippen molar-refractivity contribution in [3.63, 3.8) is 0 Å². The van der Waals surface area contributed by atoms with Crippen LogP contribution in [0.3, 0.4) is 0 Å². The molecule has 488 valence electrons. The zero-order valence-electron chi connectivity index (χ0n) is 58.0. The van der Waals surface area contributed by atoms with Gasteiger partial charge >= 0.3 is 0 Å². The van der Waals surface area contributed by atoms with Gasteiger partial charge in [-0.15, -0.1) is 0 Å². The van der Waals surface area contributed by atoms with Crippen LogP contribution in [0.25, 0.3) is 55.7 Å². The Morgan fingerprint density at radius 3 is 0.875 bits per heavy atom. The molecule has 8 heteroatoms. The molecule has 2 amide bonds. The van der Waals surface area contributed by atoms with Crippen molar-refractivity contribution in [2.75, 3.05) is 20.4 Å². The molecule has 0 spiro atoms. The van der Waals surface area contributed by atoms with Crippen LogP contribution < -0.4 is 20.4 Å². The molecule has 0 aliphatic heterocycles. The molecule has 1 aliphatic carbocycles. The predicted molar refractivity (Wildman–Crippen MR) is 405 cm³/mol. The van der Waals surface area contributed by atoms with Crippen molar-refractivity contribution in [2.24, 2.45) is 11.8 Å². The van der Waals surface area contributed by atoms with E-state index in [2.05, 4.69) is 260 Å². The second kappa shape index (κ2) is 29.6. The first-order chi connectivity index (χ1) is 46.4. The fourth-order valence-corrected chi connectivity index (χ4v) is 14.0. The quantitative estimate of drug-likeness (QED) is 0.0480. The van der Waals surface area contributed by atoms with Gasteiger partial charge in [-0.05, 0) is 255 Å². The number of carbonyl (C=O) groups excluding carboxylic acids is 2. The van der Waals surface area contributed by atoms with E-state index < -0.39 is 0 Å². The molecule has 8 nitrogen and oxygen atoms in total. The van der Waals surface area contributed by atoms with E-state index in [9.17, 15) is 19.8 Å². The van der Waals surface area contributed by atoms with Crippen molar-refractivity contribution in [1.29, 1.82) is 0 Å². The van der Waals surface area contributed by atoms with E-state index in [1.165, 1.54) is 22.3 Å². The average Bonchev–Trinajstić information content (AvgIpc) is 0.732. The highest BCUT2D eigenvalue weighted by Crippen LogP contribution is 2.52. The second-order valence-corrected chi connectivity index (χ2v) is 26.3. The summed E-state index contributed by atoms with van der Waals surface area (Å²) in [6, 6.07) is 71.9. The third-order valence-electron chi connectivity index (χ3n) is 19.6. The Labute approximate surface area is 569 Å². The number of amides is 2. The highest BCUT2D eigenvalue weighted by Gasteiger charge is 2.36. The molecular weight excluding hydrogens is 1180 g/mol. The van der Waals surface area contributed by atoms with Gasteiger partial charge in [0.15, 0.2) is 0 Å². The molecule has 0 heterocycles. The molecular formula is C88H92N4O4. The molecule has 10 aromatic carbocycles. The molecule has 0 saturated heterocycles. The SMILES string of the molecule is CCCCC(CC)C(=O)Nc1cc(N(c2ccc(-c3ccccc3C)cc2C)c2ccc(-c3ccccc3C)cc2C)ccc1C1=C(O)C(c2ccc(N(c3ccc(-c4ccccc4C)cc3C)c3ccc(-c4ccccc4C)cc3C)cc2NC(=O)C(CC)CCCC)=C1O. The summed E-state index contributed by atoms with van der Waals surface area (Å²) in [6.07, 6.45) is 6.42. The van der Waals surface area contributed by atoms with E-state index in [0.29, 0.717) is 35.3 Å². The summed E-state index contributed by atoms with van der Waals surface area (Å²) >= 11 is 0. The van der Waals surface area contributed by atoms with E-state index in [1.54, 1.807) is 0 Å². The van der Waals surface area contributed by atoms with Crippen LogP contribution >= 0.6 is 0 Å². The minimum Gasteiger partial charge on any atom is -0.506 e. The molecule has 0 radical (unpaired) electrons. The summed E-state index contributed by atoms with van der Waals surface area (Å²) in [7, 11) is 0. The number of nitrogens with zero attached hydrogens (tertiary/aromatic N) is 2. The fraction of sp³-hybridized carbons (Fsp3) is 0.250. The summed E-state index contributed by atoms with van der Waals surface area (Å²) in [5, 5.41) is 32.5. The molecule has 96 heavy (non-hydrogen) atoms. The predicted octanol–water partition coefficient (Wildman–Crippen LogP) is 24.3. The number of hydrogen-bond acceptors (Lipinski definition) is 6. The van der Waals surface area contributed by atoms with Crippen molar-refractivity contribution < 1.29 is 19.8 Å². The number of aryl methyl sites for hydroxylation is 8. The third kappa shape index (κ3) is 13.8. The second-order valence-electron chi connectivity index (χ2n) is 26.3. The number of anilines is 8. The lowest BCUT2D eigenvalue weighted by Gasteiger charge is -2.32. The van der Waals surface area contributed by atoms with Crippen LogP contribution in [0.1, 0.15) is 135 Å². The van der Waals surface area contributed by atoms with Crippen LogP contribution in [0, 0.1) is 67.2 Å². The number of rotatable bonds is 24. The highest BCUT2D eigenvalue weighted by atomic mass is 16.3. The summed E-state index contributed by atoms with van der Waals surface area (Å²) in [5.41, 5.74) is 25.6. The molecule has 0 saturated carbocycles. The average molecular weight is 1270 g/mol. The number of aliphatic hydroxyl groups is 2. The van der Waals surface area contributed by atoms with Crippen molar-refractivity contribution in [2.45, 2.75) is 134 Å². The van der Waals surface area contributed by atoms with Crippen LogP contribution in [-0.2, 0) is 9.59 Å². The Morgan fingerprint density at radius 1 is 0.344 bits per heavy atom. The van der Waals surface area contributed by atoms with E-state index in [0.717, 1.165) is 139 Å². The van der Waals surface area contributed by atoms with Crippen LogP contribution in [0.15, 0.2) is 218 Å². The van der Waals surface area contributed by atoms with Crippen molar-refractivity contribution in [3.8, 4) is 44.5 Å². The van der Waals surface area contributed by atoms with Gasteiger partial charge in [0.05, 0.1) is 22.5 Å². The Hall–Kier alpha value is -10.2. The topological polar surface area (TPSA) is 105 Å². The maximum Gasteiger partial charge on any atom is 0.227 e. The molecule has 4 N–H and O–H groups in total. The van der Waals surface area contributed by atoms with Crippen LogP contribution in [0.4, 0.5) is 45.5 Å². The minimum absolute atomic E-state index is 0.129. The Balaban J connectivity index is 1.06. The normalized spacial score (nSPS) is 12.7. The van der Waals surface area contributed by atoms with Gasteiger partial charge in [-0.1, -0.05) is 175 Å². The largest absolute Gasteiger partial charge is 0.506 e. The Kier molecular flexibility index (Phi) is 20.8. The fourth-order valence-electron chi connectivity index (χ4n) is 14.0. The highest BCUT2D eigenvalue weighted by molar-refractivity contribution is 6.12. The van der Waals surface area contributed by atoms with E-state index in [-0.39, 0.29) is 46.3 Å². The first-order valence-corrected chi connectivity index (χ1v) is 34.5. The van der Waals surface area contributed by atoms with Gasteiger partial charge in [0.1, 0.15) is 11.5 Å². The van der Waals surface area contributed by atoms with Crippen molar-refractivity contribution >= 4 is 68.5 Å². The number of allylic oxidation sites excluding steroid dienone is 2. The lowest BCUT2D eigenvalue weighted by Crippen LogP contribution is -2.25. The standard InChI is InChI=1S/C88H92N4O4/c1-13-17-31-63(15-3)87(95)89-77-53-69(91(79-45-37-65(49-59(79)9)71-33-23-19-27-55(71)5)80-46-38-66(50-60(80)10)72-34-24-20-28-56(72)6)41-43-75(77)83-85(93)84(86(83)94)76-44-42-70(54-78(76)90-88(96)64(16-4)32-18-14-2)92(81-47-39-67(51-61(81)11)73-35-25-21-29-57(73)7)82-48-40-68(52-62(82)12)74-36-26-22-30-58(74)8/h19-30,33-54,63-64,93-94H,13-18,31-32H2,1-12H3,(H,89,95)(H,90,96). The summed E-state index contributed by atoms with van der Waals surface area (Å²) in [5.74, 6) is -1.11. The summed E-state index contributed by atoms with van der Waals surface area (Å²) < 4.78 is 0. The van der Waals surface area contributed by atoms with E-state index in [4.69, 9.17) is 0 Å². The first-order valence-electron chi connectivity index (χ1n) is 34.5. The summed E-state index contributed by atoms with van der Waals surface area (Å²) in [6.45, 7) is 25.5. The van der Waals surface area contributed by atoms with Crippen molar-refractivity contribution in [1.82, 2.24) is 0 Å². The van der Waals surface area contributed by atoms with Crippen LogP contribution in [0.2, 0.25) is 0 Å². The minimum atomic E-state index is -0.271. The van der Waals surface area contributed by atoms with Gasteiger partial charge in [0, 0.05) is 57.1 Å². The zero-order valence-corrected chi connectivity index (χ0v) is 58.0. The lowest BCUT2D eigenvalue weighted by molar-refractivity contribution is -0.121. The number of unbranched alkanes of at least 4 members (excludes halogenated alkanes) is 2. The Bertz CT molecular complexity index is 4130. The van der Waals surface area contributed by atoms with Crippen LogP contribution in [-0.4, -0.2) is 22.0 Å². The van der Waals surface area contributed by atoms with E-state index in [1.807, 2.05) is 50.2 Å². The molecule has 10 aromatic rings. The molecule has 2 unspecified atom stereocenters. The van der Waals surface area contributed by atoms with Crippen molar-refractivity contribution in [3.05, 3.63) is 273 Å². The van der Waals surface area contributed by atoms with Gasteiger partial charge in [-0.2, -0.15) is 0 Å². The monoisotopic (exact) mass is 1270 g/mol. The number of aliphatic hydroxyl groups excluding tert-OH is 2. The molecule has 11 rings (SSSR count). The zero-order chi connectivity index (χ0) is 67.9. The maximum absolute atomic E-state index is 14.8. The van der Waals surface area contributed by atoms with Gasteiger partial charge in [-0.3, -0.25) is 9.59 Å². The van der Waals surface area contributed by atoms with E-state index >= 15 is 0 Å². The number of benzene rings is 10. The third-order valence-corrected chi connectivity index (χ3v) is 19.6. The smallest absolute Gasteiger partial charge is 0.227 e. The lowest BCUT2D eigenvalue weighted by atomic mass is 9.82. The molecule has 0 bridgehead atoms. The first kappa shape index (κ1) is 67.2. The molecule has 0 aromatic heterocycles. The number of carbonyl (C=O) groups is 2. The summed E-state index contributed by atoms with van der Waals surface area (Å²) in [4.78, 5) is 34.1. The molecule has 0 fully saturated rings. The van der Waals surface area contributed by atoms with Gasteiger partial charge in [0.25, 0.3) is 0 Å². The van der Waals surface area contributed by atoms with Crippen LogP contribution in [0.5, 0.6) is 0 Å². The molecule has 1 aliphatic rings. The molecule has 2 atom stereocenters. The maximum atomic E-state index is 14.8. The Morgan fingerprint density at radius 2 is 0.625 bits per heavy atom. The number of hydrogen-bond donors (Lipinski definition) is 4.